The molecule has 23 heavy (non-hydrogen) atoms. The average molecular weight is 331 g/mol. The maximum atomic E-state index is 12.7. The summed E-state index contributed by atoms with van der Waals surface area (Å²) in [7, 11) is 0. The molecule has 0 bridgehead atoms. The quantitative estimate of drug-likeness (QED) is 0.923. The number of imidazole rings is 1. The third kappa shape index (κ3) is 3.68. The van der Waals surface area contributed by atoms with Crippen molar-refractivity contribution >= 4 is 5.91 Å². The average Bonchev–Trinajstić information content (AvgIpc) is 3.09. The van der Waals surface area contributed by atoms with Crippen LogP contribution in [0.1, 0.15) is 37.7 Å². The summed E-state index contributed by atoms with van der Waals surface area (Å²) in [4.78, 5) is 15.7. The number of fused-ring (bicyclic) bond motifs is 1. The highest BCUT2D eigenvalue weighted by molar-refractivity contribution is 5.81. The molecular formula is C15H20F3N3O2. The Labute approximate surface area is 132 Å². The lowest BCUT2D eigenvalue weighted by Gasteiger charge is -2.24. The van der Waals surface area contributed by atoms with E-state index in [1.54, 1.807) is 4.57 Å². The van der Waals surface area contributed by atoms with Crippen LogP contribution in [-0.4, -0.2) is 34.2 Å². The molecule has 1 fully saturated rings. The number of carbonyl (C=O) groups excluding carboxylic acids is 1. The molecule has 0 unspecified atom stereocenters. The maximum absolute atomic E-state index is 12.7. The molecular weight excluding hydrogens is 311 g/mol. The Morgan fingerprint density at radius 3 is 2.87 bits per heavy atom. The second-order valence-electron chi connectivity index (χ2n) is 6.36. The van der Waals surface area contributed by atoms with Crippen LogP contribution in [0.2, 0.25) is 0 Å². The largest absolute Gasteiger partial charge is 0.434 e. The minimum absolute atomic E-state index is 0.106. The van der Waals surface area contributed by atoms with Gasteiger partial charge < -0.3 is 14.6 Å². The number of halogens is 3. The van der Waals surface area contributed by atoms with Gasteiger partial charge in [0.1, 0.15) is 11.9 Å². The zero-order chi connectivity index (χ0) is 16.6. The van der Waals surface area contributed by atoms with Crippen LogP contribution < -0.4 is 5.32 Å². The zero-order valence-electron chi connectivity index (χ0n) is 12.9. The number of hydrogen-bond acceptors (Lipinski definition) is 3. The summed E-state index contributed by atoms with van der Waals surface area (Å²) in [6.07, 6.45) is -0.832. The van der Waals surface area contributed by atoms with E-state index in [2.05, 4.69) is 10.3 Å². The summed E-state index contributed by atoms with van der Waals surface area (Å²) in [6, 6.07) is 0. The van der Waals surface area contributed by atoms with Gasteiger partial charge in [0.15, 0.2) is 5.69 Å². The fraction of sp³-hybridized carbons (Fsp3) is 0.733. The number of amides is 1. The molecule has 0 radical (unpaired) electrons. The van der Waals surface area contributed by atoms with E-state index in [0.717, 1.165) is 25.5 Å². The van der Waals surface area contributed by atoms with Crippen molar-refractivity contribution in [3.05, 3.63) is 17.7 Å². The molecule has 1 aromatic heterocycles. The van der Waals surface area contributed by atoms with Crippen LogP contribution in [0.15, 0.2) is 6.20 Å². The number of hydrogen-bond donors (Lipinski definition) is 1. The van der Waals surface area contributed by atoms with Crippen molar-refractivity contribution in [2.75, 3.05) is 6.54 Å². The minimum atomic E-state index is -4.41. The van der Waals surface area contributed by atoms with Crippen molar-refractivity contribution < 1.29 is 22.7 Å². The van der Waals surface area contributed by atoms with Gasteiger partial charge in [-0.2, -0.15) is 13.2 Å². The van der Waals surface area contributed by atoms with Crippen LogP contribution in [0.25, 0.3) is 0 Å². The van der Waals surface area contributed by atoms with Crippen LogP contribution in [0, 0.1) is 5.92 Å². The lowest BCUT2D eigenvalue weighted by molar-refractivity contribution is -0.141. The van der Waals surface area contributed by atoms with Gasteiger partial charge >= 0.3 is 6.18 Å². The number of aromatic nitrogens is 2. The van der Waals surface area contributed by atoms with Gasteiger partial charge in [-0.15, -0.1) is 0 Å². The molecule has 3 heterocycles. The maximum Gasteiger partial charge on any atom is 0.434 e. The van der Waals surface area contributed by atoms with Crippen LogP contribution >= 0.6 is 0 Å². The van der Waals surface area contributed by atoms with Crippen LogP contribution in [-0.2, 0) is 28.7 Å². The number of aryl methyl sites for hydroxylation is 1. The van der Waals surface area contributed by atoms with E-state index in [9.17, 15) is 18.0 Å². The van der Waals surface area contributed by atoms with Gasteiger partial charge in [0.25, 0.3) is 0 Å². The predicted molar refractivity (Wildman–Crippen MR) is 75.6 cm³/mol. The molecule has 0 aromatic carbocycles. The monoisotopic (exact) mass is 331 g/mol. The molecule has 0 saturated carbocycles. The first kappa shape index (κ1) is 16.3. The number of nitrogens with zero attached hydrogens (tertiary/aromatic N) is 2. The van der Waals surface area contributed by atoms with E-state index in [-0.39, 0.29) is 17.9 Å². The van der Waals surface area contributed by atoms with Gasteiger partial charge in [0.05, 0.1) is 6.10 Å². The molecule has 3 atom stereocenters. The standard InChI is InChI=1S/C15H20F3N3O2/c1-9-2-4-11(23-9)14(22)19-6-10-3-5-13-20-12(15(16,17)18)8-21(13)7-10/h8-11H,2-7H2,1H3,(H,19,22)/t9-,10+,11+/m1/s1. The van der Waals surface area contributed by atoms with E-state index in [1.807, 2.05) is 6.92 Å². The Morgan fingerprint density at radius 1 is 1.43 bits per heavy atom. The second kappa shape index (κ2) is 6.14. The number of alkyl halides is 3. The number of rotatable bonds is 3. The highest BCUT2D eigenvalue weighted by Gasteiger charge is 2.36. The van der Waals surface area contributed by atoms with Gasteiger partial charge in [-0.25, -0.2) is 4.98 Å². The summed E-state index contributed by atoms with van der Waals surface area (Å²) in [6.45, 7) is 2.83. The first-order valence-corrected chi connectivity index (χ1v) is 7.89. The van der Waals surface area contributed by atoms with Crippen molar-refractivity contribution in [1.82, 2.24) is 14.9 Å². The first-order chi connectivity index (χ1) is 10.8. The van der Waals surface area contributed by atoms with Crippen LogP contribution in [0.5, 0.6) is 0 Å². The SMILES string of the molecule is C[C@@H]1CC[C@@H](C(=O)NC[C@@H]2CCc3nc(C(F)(F)F)cn3C2)O1. The Balaban J connectivity index is 1.53. The van der Waals surface area contributed by atoms with Gasteiger partial charge in [0.2, 0.25) is 5.91 Å². The van der Waals surface area contributed by atoms with Crippen LogP contribution in [0.3, 0.4) is 0 Å². The number of carbonyl (C=O) groups is 1. The van der Waals surface area contributed by atoms with E-state index < -0.39 is 18.0 Å². The van der Waals surface area contributed by atoms with E-state index in [4.69, 9.17) is 4.74 Å². The first-order valence-electron chi connectivity index (χ1n) is 7.89. The van der Waals surface area contributed by atoms with Crippen molar-refractivity contribution in [3.8, 4) is 0 Å². The zero-order valence-corrected chi connectivity index (χ0v) is 12.9. The molecule has 0 aliphatic carbocycles. The predicted octanol–water partition coefficient (Wildman–Crippen LogP) is 2.15. The third-order valence-corrected chi connectivity index (χ3v) is 4.47. The highest BCUT2D eigenvalue weighted by Crippen LogP contribution is 2.30. The fourth-order valence-electron chi connectivity index (χ4n) is 3.17. The van der Waals surface area contributed by atoms with Gasteiger partial charge in [-0.3, -0.25) is 4.79 Å². The van der Waals surface area contributed by atoms with Crippen molar-refractivity contribution in [3.63, 3.8) is 0 Å². The normalized spacial score (nSPS) is 27.7. The molecule has 5 nitrogen and oxygen atoms in total. The molecule has 1 amide bonds. The van der Waals surface area contributed by atoms with Crippen molar-refractivity contribution in [1.29, 1.82) is 0 Å². The Bertz CT molecular complexity index is 585. The smallest absolute Gasteiger partial charge is 0.365 e. The molecule has 0 spiro atoms. The van der Waals surface area contributed by atoms with Gasteiger partial charge in [-0.05, 0) is 32.1 Å². The van der Waals surface area contributed by atoms with E-state index in [0.29, 0.717) is 25.3 Å². The highest BCUT2D eigenvalue weighted by atomic mass is 19.4. The fourth-order valence-corrected chi connectivity index (χ4v) is 3.17. The number of nitrogens with one attached hydrogen (secondary N) is 1. The lowest BCUT2D eigenvalue weighted by Crippen LogP contribution is -2.39. The molecule has 128 valence electrons. The molecule has 8 heteroatoms. The molecule has 3 rings (SSSR count). The summed E-state index contributed by atoms with van der Waals surface area (Å²) in [5.41, 5.74) is -0.842. The van der Waals surface area contributed by atoms with Gasteiger partial charge in [0, 0.05) is 25.7 Å². The summed E-state index contributed by atoms with van der Waals surface area (Å²) < 4.78 is 45.1. The summed E-state index contributed by atoms with van der Waals surface area (Å²) in [5.74, 6) is 0.454. The van der Waals surface area contributed by atoms with E-state index in [1.165, 1.54) is 0 Å². The molecule has 1 N–H and O–H groups in total. The van der Waals surface area contributed by atoms with E-state index >= 15 is 0 Å². The van der Waals surface area contributed by atoms with Crippen LogP contribution in [0.4, 0.5) is 13.2 Å². The lowest BCUT2D eigenvalue weighted by atomic mass is 9.99. The topological polar surface area (TPSA) is 56.2 Å². The Kier molecular flexibility index (Phi) is 4.35. The summed E-state index contributed by atoms with van der Waals surface area (Å²) in [5, 5.41) is 2.86. The van der Waals surface area contributed by atoms with Crippen molar-refractivity contribution in [2.24, 2.45) is 5.92 Å². The summed E-state index contributed by atoms with van der Waals surface area (Å²) >= 11 is 0. The molecule has 1 saturated heterocycles. The molecule has 2 aliphatic heterocycles. The number of ether oxygens (including phenoxy) is 1. The minimum Gasteiger partial charge on any atom is -0.365 e. The molecule has 1 aromatic rings. The Morgan fingerprint density at radius 2 is 2.22 bits per heavy atom. The van der Waals surface area contributed by atoms with Crippen molar-refractivity contribution in [2.45, 2.75) is 57.5 Å². The Hall–Kier alpha value is -1.57. The molecule has 2 aliphatic rings. The van der Waals surface area contributed by atoms with Gasteiger partial charge in [-0.1, -0.05) is 0 Å². The second-order valence-corrected chi connectivity index (χ2v) is 6.36. The third-order valence-electron chi connectivity index (χ3n) is 4.47.